The van der Waals surface area contributed by atoms with Gasteiger partial charge in [-0.25, -0.2) is 13.1 Å². The summed E-state index contributed by atoms with van der Waals surface area (Å²) in [7, 11) is -3.39. The monoisotopic (exact) mass is 330 g/mol. The Labute approximate surface area is 132 Å². The molecule has 0 aromatic carbocycles. The highest BCUT2D eigenvalue weighted by atomic mass is 32.2. The van der Waals surface area contributed by atoms with Crippen molar-refractivity contribution in [3.05, 3.63) is 15.8 Å². The van der Waals surface area contributed by atoms with Crippen LogP contribution in [0.1, 0.15) is 49.8 Å². The molecule has 0 aliphatic heterocycles. The summed E-state index contributed by atoms with van der Waals surface area (Å²) in [6.45, 7) is 8.72. The van der Waals surface area contributed by atoms with Crippen LogP contribution in [0.4, 0.5) is 0 Å². The molecule has 1 heterocycles. The van der Waals surface area contributed by atoms with Crippen LogP contribution in [-0.4, -0.2) is 20.5 Å². The zero-order valence-corrected chi connectivity index (χ0v) is 14.9. The minimum absolute atomic E-state index is 0.0130. The largest absolute Gasteiger partial charge is 0.310 e. The number of rotatable bonds is 8. The van der Waals surface area contributed by atoms with Gasteiger partial charge in [0.25, 0.3) is 0 Å². The average Bonchev–Trinajstić information content (AvgIpc) is 3.06. The molecule has 1 saturated carbocycles. The lowest BCUT2D eigenvalue weighted by Crippen LogP contribution is -2.33. The Hall–Kier alpha value is -0.430. The molecule has 1 fully saturated rings. The smallest absolute Gasteiger partial charge is 0.241 e. The van der Waals surface area contributed by atoms with Crippen LogP contribution in [0.3, 0.4) is 0 Å². The molecule has 4 nitrogen and oxygen atoms in total. The molecule has 6 heteroatoms. The van der Waals surface area contributed by atoms with Crippen LogP contribution in [0.25, 0.3) is 0 Å². The van der Waals surface area contributed by atoms with E-state index in [4.69, 9.17) is 0 Å². The van der Waals surface area contributed by atoms with Crippen molar-refractivity contribution in [3.8, 4) is 0 Å². The normalized spacial score (nSPS) is 17.4. The van der Waals surface area contributed by atoms with Crippen molar-refractivity contribution in [1.82, 2.24) is 10.0 Å². The second-order valence-electron chi connectivity index (χ2n) is 6.37. The molecule has 0 spiro atoms. The fourth-order valence-electron chi connectivity index (χ4n) is 2.41. The first-order valence-corrected chi connectivity index (χ1v) is 9.93. The second kappa shape index (κ2) is 6.77. The van der Waals surface area contributed by atoms with Crippen molar-refractivity contribution >= 4 is 21.4 Å². The van der Waals surface area contributed by atoms with Crippen LogP contribution in [0.2, 0.25) is 0 Å². The van der Waals surface area contributed by atoms with Crippen LogP contribution < -0.4 is 10.0 Å². The van der Waals surface area contributed by atoms with Gasteiger partial charge in [-0.1, -0.05) is 26.7 Å². The lowest BCUT2D eigenvalue weighted by molar-refractivity contribution is 0.530. The van der Waals surface area contributed by atoms with E-state index in [-0.39, 0.29) is 6.04 Å². The van der Waals surface area contributed by atoms with Gasteiger partial charge in [0.2, 0.25) is 10.0 Å². The van der Waals surface area contributed by atoms with E-state index in [0.717, 1.165) is 28.6 Å². The molecule has 0 radical (unpaired) electrons. The highest BCUT2D eigenvalue weighted by Crippen LogP contribution is 2.34. The molecule has 2 rings (SSSR count). The molecule has 0 saturated heterocycles. The molecule has 2 N–H and O–H groups in total. The molecule has 120 valence electrons. The summed E-state index contributed by atoms with van der Waals surface area (Å²) < 4.78 is 27.8. The third kappa shape index (κ3) is 5.06. The Bertz CT molecular complexity index is 574. The van der Waals surface area contributed by atoms with Gasteiger partial charge in [-0.05, 0) is 32.3 Å². The maximum atomic E-state index is 12.5. The molecular weight excluding hydrogens is 304 g/mol. The van der Waals surface area contributed by atoms with Gasteiger partial charge in [0.1, 0.15) is 0 Å². The molecule has 1 unspecified atom stereocenters. The highest BCUT2D eigenvalue weighted by Gasteiger charge is 2.27. The van der Waals surface area contributed by atoms with Crippen LogP contribution in [0, 0.1) is 12.8 Å². The van der Waals surface area contributed by atoms with Crippen molar-refractivity contribution in [2.75, 3.05) is 0 Å². The van der Waals surface area contributed by atoms with E-state index in [1.54, 1.807) is 11.3 Å². The molecule has 0 amide bonds. The van der Waals surface area contributed by atoms with Crippen LogP contribution >= 0.6 is 11.3 Å². The second-order valence-corrected chi connectivity index (χ2v) is 9.39. The molecule has 1 aliphatic rings. The summed E-state index contributed by atoms with van der Waals surface area (Å²) in [5, 5.41) is 3.32. The number of aryl methyl sites for hydroxylation is 1. The summed E-state index contributed by atoms with van der Waals surface area (Å²) in [5.41, 5.74) is 0. The first-order chi connectivity index (χ1) is 9.78. The third-order valence-electron chi connectivity index (χ3n) is 3.64. The van der Waals surface area contributed by atoms with Gasteiger partial charge in [0, 0.05) is 28.4 Å². The maximum Gasteiger partial charge on any atom is 0.241 e. The van der Waals surface area contributed by atoms with Gasteiger partial charge in [0.15, 0.2) is 0 Å². The minimum Gasteiger partial charge on any atom is -0.310 e. The maximum absolute atomic E-state index is 12.5. The van der Waals surface area contributed by atoms with Gasteiger partial charge in [0.05, 0.1) is 4.90 Å². The number of hydrogen-bond donors (Lipinski definition) is 2. The van der Waals surface area contributed by atoms with Crippen molar-refractivity contribution < 1.29 is 8.42 Å². The Kier molecular flexibility index (Phi) is 5.46. The van der Waals surface area contributed by atoms with Crippen LogP contribution in [-0.2, 0) is 16.6 Å². The van der Waals surface area contributed by atoms with Crippen LogP contribution in [0.15, 0.2) is 11.0 Å². The standard InChI is InChI=1S/C15H26N2O2S2/c1-10(2)16-9-14-8-15(12(4)20-14)21(18,19)17-11(3)7-13-5-6-13/h8,10-11,13,16-17H,5-7,9H2,1-4H3. The van der Waals surface area contributed by atoms with Gasteiger partial charge >= 0.3 is 0 Å². The quantitative estimate of drug-likeness (QED) is 0.770. The Morgan fingerprint density at radius 3 is 2.57 bits per heavy atom. The van der Waals surface area contributed by atoms with Crippen molar-refractivity contribution in [3.63, 3.8) is 0 Å². The van der Waals surface area contributed by atoms with E-state index in [0.29, 0.717) is 10.9 Å². The highest BCUT2D eigenvalue weighted by molar-refractivity contribution is 7.89. The zero-order chi connectivity index (χ0) is 15.6. The molecule has 1 aromatic heterocycles. The van der Waals surface area contributed by atoms with Crippen molar-refractivity contribution in [2.24, 2.45) is 5.92 Å². The first-order valence-electron chi connectivity index (χ1n) is 7.63. The summed E-state index contributed by atoms with van der Waals surface area (Å²) in [5.74, 6) is 0.720. The predicted molar refractivity (Wildman–Crippen MR) is 88.2 cm³/mol. The van der Waals surface area contributed by atoms with E-state index in [1.807, 2.05) is 19.9 Å². The van der Waals surface area contributed by atoms with E-state index < -0.39 is 10.0 Å². The molecule has 0 bridgehead atoms. The molecule has 1 aliphatic carbocycles. The Balaban J connectivity index is 2.04. The average molecular weight is 331 g/mol. The van der Waals surface area contributed by atoms with Crippen LogP contribution in [0.5, 0.6) is 0 Å². The minimum atomic E-state index is -3.39. The van der Waals surface area contributed by atoms with Crippen molar-refractivity contribution in [2.45, 2.75) is 70.5 Å². The number of sulfonamides is 1. The van der Waals surface area contributed by atoms with E-state index >= 15 is 0 Å². The topological polar surface area (TPSA) is 58.2 Å². The number of thiophene rings is 1. The van der Waals surface area contributed by atoms with Gasteiger partial charge in [-0.3, -0.25) is 0 Å². The SMILES string of the molecule is Cc1sc(CNC(C)C)cc1S(=O)(=O)NC(C)CC1CC1. The van der Waals surface area contributed by atoms with E-state index in [1.165, 1.54) is 12.8 Å². The zero-order valence-electron chi connectivity index (χ0n) is 13.3. The van der Waals surface area contributed by atoms with Gasteiger partial charge < -0.3 is 5.32 Å². The predicted octanol–water partition coefficient (Wildman–Crippen LogP) is 3.02. The van der Waals surface area contributed by atoms with Crippen molar-refractivity contribution in [1.29, 1.82) is 0 Å². The lowest BCUT2D eigenvalue weighted by atomic mass is 10.2. The number of nitrogens with one attached hydrogen (secondary N) is 2. The molecule has 21 heavy (non-hydrogen) atoms. The molecular formula is C15H26N2O2S2. The van der Waals surface area contributed by atoms with E-state index in [2.05, 4.69) is 23.9 Å². The lowest BCUT2D eigenvalue weighted by Gasteiger charge is -2.13. The summed E-state index contributed by atoms with van der Waals surface area (Å²) >= 11 is 1.55. The summed E-state index contributed by atoms with van der Waals surface area (Å²) in [4.78, 5) is 2.37. The first kappa shape index (κ1) is 16.9. The van der Waals surface area contributed by atoms with E-state index in [9.17, 15) is 8.42 Å². The fraction of sp³-hybridized carbons (Fsp3) is 0.733. The third-order valence-corrected chi connectivity index (χ3v) is 6.53. The molecule has 1 aromatic rings. The Morgan fingerprint density at radius 2 is 2.00 bits per heavy atom. The summed E-state index contributed by atoms with van der Waals surface area (Å²) in [6, 6.07) is 2.21. The van der Waals surface area contributed by atoms with Gasteiger partial charge in [-0.15, -0.1) is 11.3 Å². The molecule has 1 atom stereocenters. The summed E-state index contributed by atoms with van der Waals surface area (Å²) in [6.07, 6.45) is 3.44. The number of hydrogen-bond acceptors (Lipinski definition) is 4. The van der Waals surface area contributed by atoms with Gasteiger partial charge in [-0.2, -0.15) is 0 Å². The Morgan fingerprint density at radius 1 is 1.33 bits per heavy atom. The fourth-order valence-corrected chi connectivity index (χ4v) is 5.26.